The smallest absolute Gasteiger partial charge is 0.243 e. The average molecular weight is 782 g/mol. The number of nitrogens with zero attached hydrogens (tertiary/aromatic N) is 1. The molecule has 0 aliphatic carbocycles. The number of nitrogens with one attached hydrogen (secondary N) is 6. The highest BCUT2D eigenvalue weighted by atomic mass is 32.2. The SMILES string of the molecule is CC[C@H](C)[C@H](NC(=O)CNC(=O)CNC(=O)[C@@H](NC(=O)[C@@H](N)[C@@H](C)O)[C@@H](C)CC)C(=O)NC(CCCN=C(N)NCCS)C(=O)Sc1ccc(C)cc1. The second-order valence-electron chi connectivity index (χ2n) is 12.9. The number of aliphatic hydroxyl groups is 1. The summed E-state index contributed by atoms with van der Waals surface area (Å²) < 4.78 is 0. The van der Waals surface area contributed by atoms with Crippen LogP contribution in [0.1, 0.15) is 65.9 Å². The van der Waals surface area contributed by atoms with Crippen LogP contribution < -0.4 is 43.4 Å². The van der Waals surface area contributed by atoms with Gasteiger partial charge in [0.25, 0.3) is 0 Å². The summed E-state index contributed by atoms with van der Waals surface area (Å²) in [6.07, 6.45) is 0.629. The first kappa shape index (κ1) is 47.2. The van der Waals surface area contributed by atoms with Crippen LogP contribution in [0.5, 0.6) is 0 Å². The number of rotatable bonds is 23. The van der Waals surface area contributed by atoms with Crippen molar-refractivity contribution in [1.82, 2.24) is 31.9 Å². The van der Waals surface area contributed by atoms with E-state index in [0.29, 0.717) is 38.1 Å². The lowest BCUT2D eigenvalue weighted by Crippen LogP contribution is -2.57. The first-order valence-electron chi connectivity index (χ1n) is 17.9. The molecule has 1 aromatic rings. The Morgan fingerprint density at radius 2 is 1.42 bits per heavy atom. The molecule has 0 heterocycles. The second kappa shape index (κ2) is 25.2. The fourth-order valence-corrected chi connectivity index (χ4v) is 5.59. The van der Waals surface area contributed by atoms with Gasteiger partial charge < -0.3 is 48.5 Å². The van der Waals surface area contributed by atoms with E-state index in [1.165, 1.54) is 6.92 Å². The van der Waals surface area contributed by atoms with Crippen LogP contribution in [0.4, 0.5) is 0 Å². The van der Waals surface area contributed by atoms with Gasteiger partial charge in [0, 0.05) is 23.7 Å². The minimum Gasteiger partial charge on any atom is -0.391 e. The third-order valence-electron chi connectivity index (χ3n) is 8.49. The molecule has 18 heteroatoms. The number of thioether (sulfide) groups is 1. The van der Waals surface area contributed by atoms with Gasteiger partial charge in [0.1, 0.15) is 18.1 Å². The number of thiol groups is 1. The van der Waals surface area contributed by atoms with Crippen LogP contribution >= 0.6 is 24.4 Å². The van der Waals surface area contributed by atoms with Crippen molar-refractivity contribution in [2.45, 2.75) is 102 Å². The molecule has 0 spiro atoms. The van der Waals surface area contributed by atoms with E-state index in [9.17, 15) is 33.9 Å². The molecule has 11 N–H and O–H groups in total. The standard InChI is InChI=1S/C35H59N9O7S2/c1-7-21(4)29(44-31(48)28(36)23(6)45)32(49)41-18-26(46)40-19-27(47)43-30(22(5)8-2)33(50)42-25(10-9-15-38-35(37)39-16-17-52)34(51)53-24-13-11-20(3)12-14-24/h11-14,21-23,25,28-30,45,52H,7-10,15-19,36H2,1-6H3,(H,40,46)(H,41,49)(H,42,50)(H,43,47)(H,44,48)(H3,37,38,39)/t21-,22-,23+,25?,28-,29-,30-/m0/s1. The topological polar surface area (TPSA) is 259 Å². The van der Waals surface area contributed by atoms with Gasteiger partial charge in [-0.25, -0.2) is 0 Å². The quantitative estimate of drug-likeness (QED) is 0.0227. The zero-order valence-electron chi connectivity index (χ0n) is 31.6. The maximum absolute atomic E-state index is 13.6. The highest BCUT2D eigenvalue weighted by Crippen LogP contribution is 2.22. The Kier molecular flexibility index (Phi) is 22.4. The number of aryl methyl sites for hydroxylation is 1. The zero-order valence-corrected chi connectivity index (χ0v) is 33.3. The molecule has 16 nitrogen and oxygen atoms in total. The Balaban J connectivity index is 2.90. The van der Waals surface area contributed by atoms with Crippen molar-refractivity contribution in [2.75, 3.05) is 31.9 Å². The van der Waals surface area contributed by atoms with Crippen molar-refractivity contribution >= 4 is 65.0 Å². The van der Waals surface area contributed by atoms with Gasteiger partial charge in [-0.3, -0.25) is 33.8 Å². The van der Waals surface area contributed by atoms with Gasteiger partial charge in [-0.05, 0) is 62.4 Å². The Bertz CT molecular complexity index is 1380. The molecule has 1 unspecified atom stereocenters. The molecule has 0 aromatic heterocycles. The Morgan fingerprint density at radius 1 is 0.830 bits per heavy atom. The van der Waals surface area contributed by atoms with Gasteiger partial charge in [-0.1, -0.05) is 58.2 Å². The number of carbonyl (C=O) groups is 6. The molecule has 7 atom stereocenters. The number of benzene rings is 1. The predicted octanol–water partition coefficient (Wildman–Crippen LogP) is -0.285. The summed E-state index contributed by atoms with van der Waals surface area (Å²) in [6.45, 7) is 10.4. The van der Waals surface area contributed by atoms with Gasteiger partial charge in [0.15, 0.2) is 5.96 Å². The monoisotopic (exact) mass is 781 g/mol. The lowest BCUT2D eigenvalue weighted by atomic mass is 9.97. The number of carbonyl (C=O) groups excluding carboxylic acids is 6. The van der Waals surface area contributed by atoms with Gasteiger partial charge >= 0.3 is 0 Å². The number of nitrogens with two attached hydrogens (primary N) is 2. The lowest BCUT2D eigenvalue weighted by molar-refractivity contribution is -0.133. The lowest BCUT2D eigenvalue weighted by Gasteiger charge is -2.26. The molecule has 0 aliphatic heterocycles. The van der Waals surface area contributed by atoms with Crippen LogP contribution in [0.3, 0.4) is 0 Å². The molecule has 1 rings (SSSR count). The third kappa shape index (κ3) is 18.1. The van der Waals surface area contributed by atoms with Crippen molar-refractivity contribution < 1.29 is 33.9 Å². The van der Waals surface area contributed by atoms with E-state index in [1.807, 2.05) is 45.0 Å². The highest BCUT2D eigenvalue weighted by molar-refractivity contribution is 8.13. The third-order valence-corrected chi connectivity index (χ3v) is 9.71. The van der Waals surface area contributed by atoms with Crippen LogP contribution in [-0.4, -0.2) is 108 Å². The summed E-state index contributed by atoms with van der Waals surface area (Å²) in [4.78, 5) is 82.8. The molecule has 0 saturated carbocycles. The zero-order chi connectivity index (χ0) is 40.1. The molecule has 1 aromatic carbocycles. The molecule has 5 amide bonds. The number of aliphatic imine (C=N–C) groups is 1. The van der Waals surface area contributed by atoms with Crippen LogP contribution in [0.15, 0.2) is 34.2 Å². The largest absolute Gasteiger partial charge is 0.391 e. The number of hydrogen-bond donors (Lipinski definition) is 10. The molecule has 0 fully saturated rings. The fraction of sp³-hybridized carbons (Fsp3) is 0.629. The van der Waals surface area contributed by atoms with E-state index < -0.39 is 72.9 Å². The molecule has 298 valence electrons. The highest BCUT2D eigenvalue weighted by Gasteiger charge is 2.31. The summed E-state index contributed by atoms with van der Waals surface area (Å²) >= 11 is 5.14. The molecule has 0 radical (unpaired) electrons. The fourth-order valence-electron chi connectivity index (χ4n) is 4.65. The average Bonchev–Trinajstić information content (AvgIpc) is 3.13. The van der Waals surface area contributed by atoms with Gasteiger partial charge in [-0.15, -0.1) is 0 Å². The number of amides is 5. The minimum absolute atomic E-state index is 0.256. The molecule has 0 bridgehead atoms. The Labute approximate surface area is 322 Å². The van der Waals surface area contributed by atoms with E-state index in [4.69, 9.17) is 11.5 Å². The number of aliphatic hydroxyl groups excluding tert-OH is 1. The number of guanidine groups is 1. The summed E-state index contributed by atoms with van der Waals surface area (Å²) in [5, 5.41) is 25.1. The Hall–Kier alpha value is -3.87. The van der Waals surface area contributed by atoms with E-state index in [-0.39, 0.29) is 29.3 Å². The number of hydrogen-bond acceptors (Lipinski definition) is 11. The first-order valence-corrected chi connectivity index (χ1v) is 19.3. The van der Waals surface area contributed by atoms with Gasteiger partial charge in [0.2, 0.25) is 34.7 Å². The first-order chi connectivity index (χ1) is 25.0. The van der Waals surface area contributed by atoms with Gasteiger partial charge in [0.05, 0.1) is 25.2 Å². The van der Waals surface area contributed by atoms with Crippen LogP contribution in [0, 0.1) is 18.8 Å². The van der Waals surface area contributed by atoms with Gasteiger partial charge in [-0.2, -0.15) is 12.6 Å². The molecule has 0 aliphatic rings. The van der Waals surface area contributed by atoms with E-state index in [2.05, 4.69) is 49.5 Å². The molecule has 53 heavy (non-hydrogen) atoms. The summed E-state index contributed by atoms with van der Waals surface area (Å²) in [5.74, 6) is -3.05. The molecule has 0 saturated heterocycles. The van der Waals surface area contributed by atoms with Crippen LogP contribution in [0.2, 0.25) is 0 Å². The maximum atomic E-state index is 13.6. The minimum atomic E-state index is -1.24. The van der Waals surface area contributed by atoms with E-state index in [0.717, 1.165) is 22.2 Å². The normalized spacial score (nSPS) is 15.4. The van der Waals surface area contributed by atoms with Crippen molar-refractivity contribution in [1.29, 1.82) is 0 Å². The van der Waals surface area contributed by atoms with Crippen molar-refractivity contribution in [3.05, 3.63) is 29.8 Å². The predicted molar refractivity (Wildman–Crippen MR) is 210 cm³/mol. The van der Waals surface area contributed by atoms with Crippen molar-refractivity contribution in [3.63, 3.8) is 0 Å². The van der Waals surface area contributed by atoms with E-state index in [1.54, 1.807) is 13.8 Å². The molecular formula is C35H59N9O7S2. The van der Waals surface area contributed by atoms with Crippen molar-refractivity contribution in [2.24, 2.45) is 28.3 Å². The summed E-state index contributed by atoms with van der Waals surface area (Å²) in [7, 11) is 0. The van der Waals surface area contributed by atoms with Crippen LogP contribution in [-0.2, 0) is 28.8 Å². The maximum Gasteiger partial charge on any atom is 0.243 e. The van der Waals surface area contributed by atoms with Crippen molar-refractivity contribution in [3.8, 4) is 0 Å². The molecular weight excluding hydrogens is 723 g/mol. The second-order valence-corrected chi connectivity index (χ2v) is 14.4. The van der Waals surface area contributed by atoms with E-state index >= 15 is 0 Å². The van der Waals surface area contributed by atoms with Crippen LogP contribution in [0.25, 0.3) is 0 Å². The summed E-state index contributed by atoms with van der Waals surface area (Å²) in [5.41, 5.74) is 12.6. The Morgan fingerprint density at radius 3 is 1.98 bits per heavy atom. The summed E-state index contributed by atoms with van der Waals surface area (Å²) in [6, 6.07) is 3.27.